The van der Waals surface area contributed by atoms with Gasteiger partial charge in [0, 0.05) is 20.6 Å². The van der Waals surface area contributed by atoms with Crippen molar-refractivity contribution >= 4 is 11.8 Å². The van der Waals surface area contributed by atoms with Crippen LogP contribution in [-0.2, 0) is 9.59 Å². The molecule has 0 saturated carbocycles. The Morgan fingerprint density at radius 1 is 1.26 bits per heavy atom. The second-order valence-corrected chi connectivity index (χ2v) is 6.06. The van der Waals surface area contributed by atoms with E-state index in [-0.39, 0.29) is 23.9 Å². The molecule has 2 saturated heterocycles. The van der Waals surface area contributed by atoms with E-state index in [0.29, 0.717) is 5.92 Å². The topological polar surface area (TPSA) is 52.7 Å². The molecule has 0 bridgehead atoms. The van der Waals surface area contributed by atoms with E-state index in [2.05, 4.69) is 12.2 Å². The van der Waals surface area contributed by atoms with Crippen molar-refractivity contribution in [3.05, 3.63) is 0 Å². The van der Waals surface area contributed by atoms with Crippen LogP contribution in [0.5, 0.6) is 0 Å². The summed E-state index contributed by atoms with van der Waals surface area (Å²) in [6.45, 7) is 3.81. The Hall–Kier alpha value is -1.10. The molecule has 3 unspecified atom stereocenters. The highest BCUT2D eigenvalue weighted by Gasteiger charge is 2.38. The van der Waals surface area contributed by atoms with Crippen LogP contribution >= 0.6 is 0 Å². The Bertz CT molecular complexity index is 357. The molecule has 19 heavy (non-hydrogen) atoms. The monoisotopic (exact) mass is 267 g/mol. The van der Waals surface area contributed by atoms with Crippen LogP contribution in [0.3, 0.4) is 0 Å². The van der Waals surface area contributed by atoms with Crippen molar-refractivity contribution in [2.45, 2.75) is 44.7 Å². The van der Waals surface area contributed by atoms with Gasteiger partial charge in [0.1, 0.15) is 6.04 Å². The summed E-state index contributed by atoms with van der Waals surface area (Å²) >= 11 is 0. The van der Waals surface area contributed by atoms with Crippen LogP contribution in [0.25, 0.3) is 0 Å². The van der Waals surface area contributed by atoms with Gasteiger partial charge in [-0.1, -0.05) is 6.92 Å². The Morgan fingerprint density at radius 2 is 2.00 bits per heavy atom. The summed E-state index contributed by atoms with van der Waals surface area (Å²) < 4.78 is 0. The molecule has 3 atom stereocenters. The number of amides is 2. The number of piperidine rings is 1. The van der Waals surface area contributed by atoms with E-state index in [1.807, 2.05) is 0 Å². The maximum Gasteiger partial charge on any atom is 0.244 e. The van der Waals surface area contributed by atoms with E-state index in [1.54, 1.807) is 23.9 Å². The standard InChI is InChI=1S/C14H25N3O2/c1-10-6-7-15-11(9-10)13(18)17-8-4-5-12(17)14(19)16(2)3/h10-12,15H,4-9H2,1-3H3. The number of carbonyl (C=O) groups is 2. The van der Waals surface area contributed by atoms with E-state index in [4.69, 9.17) is 0 Å². The van der Waals surface area contributed by atoms with Gasteiger partial charge in [-0.05, 0) is 38.1 Å². The van der Waals surface area contributed by atoms with Crippen molar-refractivity contribution in [1.82, 2.24) is 15.1 Å². The second-order valence-electron chi connectivity index (χ2n) is 6.06. The van der Waals surface area contributed by atoms with Crippen molar-refractivity contribution in [1.29, 1.82) is 0 Å². The lowest BCUT2D eigenvalue weighted by Crippen LogP contribution is -2.54. The van der Waals surface area contributed by atoms with Crippen molar-refractivity contribution in [2.75, 3.05) is 27.2 Å². The van der Waals surface area contributed by atoms with Gasteiger partial charge in [-0.25, -0.2) is 0 Å². The van der Waals surface area contributed by atoms with Gasteiger partial charge in [0.2, 0.25) is 11.8 Å². The molecule has 2 rings (SSSR count). The molecule has 0 spiro atoms. The largest absolute Gasteiger partial charge is 0.347 e. The summed E-state index contributed by atoms with van der Waals surface area (Å²) in [7, 11) is 3.51. The smallest absolute Gasteiger partial charge is 0.244 e. The maximum absolute atomic E-state index is 12.6. The first-order valence-electron chi connectivity index (χ1n) is 7.25. The molecule has 2 aliphatic rings. The SMILES string of the molecule is CC1CCNC(C(=O)N2CCCC2C(=O)N(C)C)C1. The number of rotatable bonds is 2. The molecule has 1 N–H and O–H groups in total. The lowest BCUT2D eigenvalue weighted by atomic mass is 9.93. The van der Waals surface area contributed by atoms with Crippen LogP contribution in [-0.4, -0.2) is 60.9 Å². The number of likely N-dealkylation sites (N-methyl/N-ethyl adjacent to an activating group) is 1. The molecule has 0 aromatic heterocycles. The molecule has 0 aromatic carbocycles. The van der Waals surface area contributed by atoms with Crippen molar-refractivity contribution in [2.24, 2.45) is 5.92 Å². The number of nitrogens with zero attached hydrogens (tertiary/aromatic N) is 2. The van der Waals surface area contributed by atoms with Gasteiger partial charge in [0.25, 0.3) is 0 Å². The number of hydrogen-bond acceptors (Lipinski definition) is 3. The first kappa shape index (κ1) is 14.3. The molecule has 0 radical (unpaired) electrons. The summed E-state index contributed by atoms with van der Waals surface area (Å²) in [5.74, 6) is 0.750. The van der Waals surface area contributed by atoms with Gasteiger partial charge < -0.3 is 15.1 Å². The van der Waals surface area contributed by atoms with Crippen molar-refractivity contribution in [3.63, 3.8) is 0 Å². The summed E-state index contributed by atoms with van der Waals surface area (Å²) in [5, 5.41) is 3.30. The fourth-order valence-electron chi connectivity index (χ4n) is 3.08. The Morgan fingerprint density at radius 3 is 2.63 bits per heavy atom. The zero-order chi connectivity index (χ0) is 14.0. The highest BCUT2D eigenvalue weighted by molar-refractivity contribution is 5.90. The van der Waals surface area contributed by atoms with E-state index in [0.717, 1.165) is 38.8 Å². The van der Waals surface area contributed by atoms with E-state index in [9.17, 15) is 9.59 Å². The quantitative estimate of drug-likeness (QED) is 0.790. The number of hydrogen-bond donors (Lipinski definition) is 1. The normalized spacial score (nSPS) is 31.3. The van der Waals surface area contributed by atoms with Gasteiger partial charge in [0.05, 0.1) is 6.04 Å². The Kier molecular flexibility index (Phi) is 4.45. The molecule has 2 heterocycles. The molecule has 5 heteroatoms. The molecule has 2 aliphatic heterocycles. The first-order chi connectivity index (χ1) is 9.00. The summed E-state index contributed by atoms with van der Waals surface area (Å²) in [6, 6.07) is -0.346. The van der Waals surface area contributed by atoms with Crippen molar-refractivity contribution in [3.8, 4) is 0 Å². The average Bonchev–Trinajstić information content (AvgIpc) is 2.85. The molecule has 2 amide bonds. The van der Waals surface area contributed by atoms with Gasteiger partial charge >= 0.3 is 0 Å². The minimum atomic E-state index is -0.249. The van der Waals surface area contributed by atoms with Crippen molar-refractivity contribution < 1.29 is 9.59 Å². The van der Waals surface area contributed by atoms with Crippen LogP contribution in [0.2, 0.25) is 0 Å². The minimum Gasteiger partial charge on any atom is -0.347 e. The fourth-order valence-corrected chi connectivity index (χ4v) is 3.08. The lowest BCUT2D eigenvalue weighted by Gasteiger charge is -2.33. The minimum absolute atomic E-state index is 0.0507. The van der Waals surface area contributed by atoms with Gasteiger partial charge in [-0.15, -0.1) is 0 Å². The molecule has 108 valence electrons. The third kappa shape index (κ3) is 3.08. The highest BCUT2D eigenvalue weighted by atomic mass is 16.2. The summed E-state index contributed by atoms with van der Waals surface area (Å²) in [4.78, 5) is 28.1. The zero-order valence-corrected chi connectivity index (χ0v) is 12.2. The summed E-state index contributed by atoms with van der Waals surface area (Å²) in [6.07, 6.45) is 3.74. The van der Waals surface area contributed by atoms with Crippen LogP contribution in [0.15, 0.2) is 0 Å². The van der Waals surface area contributed by atoms with Crippen LogP contribution in [0.1, 0.15) is 32.6 Å². The van der Waals surface area contributed by atoms with Crippen LogP contribution in [0.4, 0.5) is 0 Å². The first-order valence-corrected chi connectivity index (χ1v) is 7.25. The third-order valence-corrected chi connectivity index (χ3v) is 4.23. The van der Waals surface area contributed by atoms with Crippen LogP contribution < -0.4 is 5.32 Å². The Balaban J connectivity index is 2.03. The molecule has 5 nitrogen and oxygen atoms in total. The Labute approximate surface area is 115 Å². The number of nitrogens with one attached hydrogen (secondary N) is 1. The van der Waals surface area contributed by atoms with Gasteiger partial charge in [0.15, 0.2) is 0 Å². The summed E-state index contributed by atoms with van der Waals surface area (Å²) in [5.41, 5.74) is 0. The lowest BCUT2D eigenvalue weighted by molar-refractivity contribution is -0.144. The highest BCUT2D eigenvalue weighted by Crippen LogP contribution is 2.23. The fraction of sp³-hybridized carbons (Fsp3) is 0.857. The third-order valence-electron chi connectivity index (χ3n) is 4.23. The van der Waals surface area contributed by atoms with E-state index in [1.165, 1.54) is 0 Å². The zero-order valence-electron chi connectivity index (χ0n) is 12.2. The van der Waals surface area contributed by atoms with Crippen LogP contribution in [0, 0.1) is 5.92 Å². The van der Waals surface area contributed by atoms with Gasteiger partial charge in [-0.3, -0.25) is 9.59 Å². The van der Waals surface area contributed by atoms with Gasteiger partial charge in [-0.2, -0.15) is 0 Å². The predicted molar refractivity (Wildman–Crippen MR) is 73.6 cm³/mol. The number of carbonyl (C=O) groups excluding carboxylic acids is 2. The number of likely N-dealkylation sites (tertiary alicyclic amines) is 1. The maximum atomic E-state index is 12.6. The van der Waals surface area contributed by atoms with E-state index < -0.39 is 0 Å². The molecule has 0 aliphatic carbocycles. The average molecular weight is 267 g/mol. The molecular formula is C14H25N3O2. The molecule has 0 aromatic rings. The molecular weight excluding hydrogens is 242 g/mol. The van der Waals surface area contributed by atoms with E-state index >= 15 is 0 Å². The molecule has 2 fully saturated rings. The predicted octanol–water partition coefficient (Wildman–Crippen LogP) is 0.454. The second kappa shape index (κ2) is 5.90.